The second kappa shape index (κ2) is 3.92. The first-order chi connectivity index (χ1) is 5.66. The molecule has 0 bridgehead atoms. The van der Waals surface area contributed by atoms with Crippen molar-refractivity contribution in [1.29, 1.82) is 0 Å². The van der Waals surface area contributed by atoms with Crippen LogP contribution in [0.15, 0.2) is 0 Å². The Morgan fingerprint density at radius 3 is 2.67 bits per heavy atom. The van der Waals surface area contributed by atoms with E-state index >= 15 is 0 Å². The van der Waals surface area contributed by atoms with E-state index in [0.29, 0.717) is 18.0 Å². The number of likely N-dealkylation sites (tertiary alicyclic amines) is 1. The fourth-order valence-electron chi connectivity index (χ4n) is 2.07. The molecule has 1 unspecified atom stereocenters. The van der Waals surface area contributed by atoms with E-state index in [2.05, 4.69) is 25.7 Å². The first kappa shape index (κ1) is 9.56. The number of hydrogen-bond acceptors (Lipinski definition) is 1. The molecule has 12 heavy (non-hydrogen) atoms. The van der Waals surface area contributed by atoms with Gasteiger partial charge in [-0.2, -0.15) is 0 Å². The third-order valence-electron chi connectivity index (χ3n) is 2.64. The zero-order valence-electron chi connectivity index (χ0n) is 8.34. The van der Waals surface area contributed by atoms with E-state index < -0.39 is 0 Å². The zero-order chi connectivity index (χ0) is 9.14. The number of hydrogen-bond donors (Lipinski definition) is 0. The molecule has 1 atom stereocenters. The number of piperidine rings is 1. The fraction of sp³-hybridized carbons (Fsp3) is 0.900. The van der Waals surface area contributed by atoms with E-state index in [4.69, 9.17) is 0 Å². The van der Waals surface area contributed by atoms with Crippen LogP contribution in [0.4, 0.5) is 0 Å². The van der Waals surface area contributed by atoms with Crippen LogP contribution in [0.3, 0.4) is 0 Å². The summed E-state index contributed by atoms with van der Waals surface area (Å²) in [5.41, 5.74) is 0. The molecule has 0 aromatic heterocycles. The van der Waals surface area contributed by atoms with Gasteiger partial charge in [0.2, 0.25) is 5.91 Å². The van der Waals surface area contributed by atoms with Gasteiger partial charge in [-0.25, -0.2) is 0 Å². The Hall–Kier alpha value is -0.530. The summed E-state index contributed by atoms with van der Waals surface area (Å²) in [6.45, 7) is 6.37. The fourth-order valence-corrected chi connectivity index (χ4v) is 2.07. The number of nitrogens with zero attached hydrogens (tertiary/aromatic N) is 1. The smallest absolute Gasteiger partial charge is 0.223 e. The molecule has 2 heteroatoms. The van der Waals surface area contributed by atoms with Gasteiger partial charge in [0, 0.05) is 18.5 Å². The Morgan fingerprint density at radius 2 is 2.25 bits per heavy atom. The summed E-state index contributed by atoms with van der Waals surface area (Å²) in [6, 6.07) is 0.883. The van der Waals surface area contributed by atoms with Gasteiger partial charge >= 0.3 is 0 Å². The maximum atomic E-state index is 11.5. The van der Waals surface area contributed by atoms with Gasteiger partial charge in [0.05, 0.1) is 0 Å². The van der Waals surface area contributed by atoms with Crippen LogP contribution in [0.5, 0.6) is 0 Å². The van der Waals surface area contributed by atoms with Gasteiger partial charge < -0.3 is 4.90 Å². The van der Waals surface area contributed by atoms with Crippen molar-refractivity contribution in [3.63, 3.8) is 0 Å². The van der Waals surface area contributed by atoms with E-state index in [1.54, 1.807) is 0 Å². The van der Waals surface area contributed by atoms with Gasteiger partial charge in [-0.1, -0.05) is 6.92 Å². The molecule has 2 nitrogen and oxygen atoms in total. The highest BCUT2D eigenvalue weighted by Gasteiger charge is 2.28. The zero-order valence-corrected chi connectivity index (χ0v) is 8.34. The predicted octanol–water partition coefficient (Wildman–Crippen LogP) is 2.19. The average molecular weight is 169 g/mol. The SMILES string of the molecule is CCC1CCCC(=O)N1C(C)C. The third kappa shape index (κ3) is 1.79. The Balaban J connectivity index is 2.66. The largest absolute Gasteiger partial charge is 0.337 e. The molecule has 0 aromatic carbocycles. The first-order valence-corrected chi connectivity index (χ1v) is 4.98. The van der Waals surface area contributed by atoms with Crippen molar-refractivity contribution in [3.05, 3.63) is 0 Å². The highest BCUT2D eigenvalue weighted by molar-refractivity contribution is 5.77. The Labute approximate surface area is 74.9 Å². The summed E-state index contributed by atoms with van der Waals surface area (Å²) in [7, 11) is 0. The standard InChI is InChI=1S/C10H19NO/c1-4-9-6-5-7-10(12)11(9)8(2)3/h8-9H,4-7H2,1-3H3. The normalized spacial score (nSPS) is 25.2. The Morgan fingerprint density at radius 1 is 1.58 bits per heavy atom. The lowest BCUT2D eigenvalue weighted by atomic mass is 9.98. The number of amides is 1. The second-order valence-electron chi connectivity index (χ2n) is 3.85. The molecular formula is C10H19NO. The minimum atomic E-state index is 0.350. The molecule has 1 aliphatic heterocycles. The highest BCUT2D eigenvalue weighted by atomic mass is 16.2. The van der Waals surface area contributed by atoms with E-state index in [1.165, 1.54) is 6.42 Å². The van der Waals surface area contributed by atoms with Gasteiger partial charge in [0.25, 0.3) is 0 Å². The molecule has 0 aromatic rings. The van der Waals surface area contributed by atoms with Crippen molar-refractivity contribution >= 4 is 5.91 Å². The van der Waals surface area contributed by atoms with Gasteiger partial charge in [-0.05, 0) is 33.1 Å². The van der Waals surface area contributed by atoms with Crippen LogP contribution in [0.2, 0.25) is 0 Å². The minimum Gasteiger partial charge on any atom is -0.337 e. The Kier molecular flexibility index (Phi) is 3.12. The topological polar surface area (TPSA) is 20.3 Å². The molecule has 70 valence electrons. The molecule has 0 spiro atoms. The summed E-state index contributed by atoms with van der Waals surface area (Å²) < 4.78 is 0. The van der Waals surface area contributed by atoms with Crippen molar-refractivity contribution in [2.75, 3.05) is 0 Å². The summed E-state index contributed by atoms with van der Waals surface area (Å²) in [5.74, 6) is 0.350. The lowest BCUT2D eigenvalue weighted by Crippen LogP contribution is -2.47. The maximum Gasteiger partial charge on any atom is 0.223 e. The summed E-state index contributed by atoms with van der Waals surface area (Å²) in [5, 5.41) is 0. The average Bonchev–Trinajstić information content (AvgIpc) is 2.03. The number of carbonyl (C=O) groups excluding carboxylic acids is 1. The minimum absolute atomic E-state index is 0.350. The van der Waals surface area contributed by atoms with E-state index in [9.17, 15) is 4.79 Å². The van der Waals surface area contributed by atoms with Gasteiger partial charge in [0.1, 0.15) is 0 Å². The van der Waals surface area contributed by atoms with Crippen LogP contribution >= 0.6 is 0 Å². The lowest BCUT2D eigenvalue weighted by Gasteiger charge is -2.38. The highest BCUT2D eigenvalue weighted by Crippen LogP contribution is 2.22. The van der Waals surface area contributed by atoms with Crippen LogP contribution in [0.25, 0.3) is 0 Å². The van der Waals surface area contributed by atoms with Gasteiger partial charge in [0.15, 0.2) is 0 Å². The maximum absolute atomic E-state index is 11.5. The Bertz CT molecular complexity index is 165. The van der Waals surface area contributed by atoms with Crippen molar-refractivity contribution in [2.24, 2.45) is 0 Å². The molecule has 1 rings (SSSR count). The van der Waals surface area contributed by atoms with Crippen molar-refractivity contribution in [3.8, 4) is 0 Å². The number of carbonyl (C=O) groups is 1. The molecule has 0 N–H and O–H groups in total. The van der Waals surface area contributed by atoms with Gasteiger partial charge in [-0.3, -0.25) is 4.79 Å². The monoisotopic (exact) mass is 169 g/mol. The number of rotatable bonds is 2. The molecule has 0 saturated carbocycles. The third-order valence-corrected chi connectivity index (χ3v) is 2.64. The summed E-state index contributed by atoms with van der Waals surface area (Å²) in [6.07, 6.45) is 4.14. The van der Waals surface area contributed by atoms with E-state index in [1.807, 2.05) is 0 Å². The molecule has 1 heterocycles. The molecular weight excluding hydrogens is 150 g/mol. The van der Waals surface area contributed by atoms with Crippen molar-refractivity contribution < 1.29 is 4.79 Å². The molecule has 0 radical (unpaired) electrons. The van der Waals surface area contributed by atoms with Crippen LogP contribution in [0, 0.1) is 0 Å². The van der Waals surface area contributed by atoms with Crippen LogP contribution < -0.4 is 0 Å². The predicted molar refractivity (Wildman–Crippen MR) is 49.9 cm³/mol. The first-order valence-electron chi connectivity index (χ1n) is 4.98. The molecule has 1 fully saturated rings. The van der Waals surface area contributed by atoms with Crippen LogP contribution in [0.1, 0.15) is 46.5 Å². The van der Waals surface area contributed by atoms with Crippen LogP contribution in [-0.2, 0) is 4.79 Å². The van der Waals surface area contributed by atoms with E-state index in [0.717, 1.165) is 19.3 Å². The van der Waals surface area contributed by atoms with Crippen molar-refractivity contribution in [2.45, 2.75) is 58.5 Å². The quantitative estimate of drug-likeness (QED) is 0.620. The molecule has 1 saturated heterocycles. The summed E-state index contributed by atoms with van der Waals surface area (Å²) >= 11 is 0. The van der Waals surface area contributed by atoms with Crippen molar-refractivity contribution in [1.82, 2.24) is 4.90 Å². The van der Waals surface area contributed by atoms with Crippen LogP contribution in [-0.4, -0.2) is 22.9 Å². The molecule has 1 aliphatic rings. The van der Waals surface area contributed by atoms with E-state index in [-0.39, 0.29) is 0 Å². The van der Waals surface area contributed by atoms with Gasteiger partial charge in [-0.15, -0.1) is 0 Å². The molecule has 0 aliphatic carbocycles. The summed E-state index contributed by atoms with van der Waals surface area (Å²) in [4.78, 5) is 13.6. The second-order valence-corrected chi connectivity index (χ2v) is 3.85. The lowest BCUT2D eigenvalue weighted by molar-refractivity contribution is -0.138. The molecule has 1 amide bonds.